The van der Waals surface area contributed by atoms with Gasteiger partial charge in [0.25, 0.3) is 0 Å². The molecule has 2 fully saturated rings. The fraction of sp³-hybridized carbons (Fsp3) is 0.600. The Bertz CT molecular complexity index is 799. The van der Waals surface area contributed by atoms with E-state index in [1.807, 2.05) is 22.9 Å². The minimum absolute atomic E-state index is 0.0249. The Morgan fingerprint density at radius 3 is 2.79 bits per heavy atom. The normalized spacial score (nSPS) is 17.8. The average molecular weight is 401 g/mol. The number of benzene rings is 1. The van der Waals surface area contributed by atoms with Gasteiger partial charge in [-0.1, -0.05) is 49.2 Å². The molecule has 7 nitrogen and oxygen atoms in total. The zero-order valence-corrected chi connectivity index (χ0v) is 17.2. The molecule has 28 heavy (non-hydrogen) atoms. The van der Waals surface area contributed by atoms with Crippen molar-refractivity contribution in [3.8, 4) is 0 Å². The highest BCUT2D eigenvalue weighted by Gasteiger charge is 2.28. The number of carbonyl (C=O) groups excluding carboxylic acids is 1. The van der Waals surface area contributed by atoms with Crippen molar-refractivity contribution in [3.05, 3.63) is 29.8 Å². The number of aromatic nitrogens is 4. The topological polar surface area (TPSA) is 75.9 Å². The highest BCUT2D eigenvalue weighted by atomic mass is 32.2. The van der Waals surface area contributed by atoms with Gasteiger partial charge in [0.15, 0.2) is 0 Å². The third-order valence-corrected chi connectivity index (χ3v) is 6.53. The molecule has 2 aliphatic carbocycles. The highest BCUT2D eigenvalue weighted by molar-refractivity contribution is 7.99. The van der Waals surface area contributed by atoms with Gasteiger partial charge in [-0.25, -0.2) is 4.68 Å². The first-order chi connectivity index (χ1) is 13.7. The molecule has 1 aromatic carbocycles. The van der Waals surface area contributed by atoms with Crippen LogP contribution in [0.25, 0.3) is 0 Å². The number of amides is 1. The van der Waals surface area contributed by atoms with Gasteiger partial charge in [0.2, 0.25) is 11.1 Å². The number of hydrogen-bond acceptors (Lipinski definition) is 6. The maximum atomic E-state index is 12.5. The second kappa shape index (κ2) is 9.05. The standard InChI is InChI=1S/C20H28N6OS/c1-25(16-8-3-2-4-9-16)13-15-7-5-6-10-18(15)21-19(27)14-28-20-22-23-24-26(20)17-11-12-17/h5-7,10,16-17H,2-4,8-9,11-14H2,1H3,(H,21,27). The predicted molar refractivity (Wildman–Crippen MR) is 110 cm³/mol. The maximum Gasteiger partial charge on any atom is 0.234 e. The van der Waals surface area contributed by atoms with Crippen molar-refractivity contribution in [2.45, 2.75) is 68.7 Å². The van der Waals surface area contributed by atoms with Crippen LogP contribution < -0.4 is 5.32 Å². The lowest BCUT2D eigenvalue weighted by molar-refractivity contribution is -0.113. The van der Waals surface area contributed by atoms with E-state index in [1.165, 1.54) is 43.9 Å². The second-order valence-electron chi connectivity index (χ2n) is 7.84. The largest absolute Gasteiger partial charge is 0.325 e. The van der Waals surface area contributed by atoms with Gasteiger partial charge < -0.3 is 5.32 Å². The third kappa shape index (κ3) is 4.91. The molecule has 0 aliphatic heterocycles. The van der Waals surface area contributed by atoms with Gasteiger partial charge in [-0.3, -0.25) is 9.69 Å². The van der Waals surface area contributed by atoms with Crippen LogP contribution in [0.2, 0.25) is 0 Å². The number of hydrogen-bond donors (Lipinski definition) is 1. The summed E-state index contributed by atoms with van der Waals surface area (Å²) in [4.78, 5) is 15.0. The lowest BCUT2D eigenvalue weighted by Gasteiger charge is -2.31. The van der Waals surface area contributed by atoms with E-state index >= 15 is 0 Å². The van der Waals surface area contributed by atoms with Gasteiger partial charge in [-0.2, -0.15) is 0 Å². The van der Waals surface area contributed by atoms with E-state index in [0.717, 1.165) is 35.8 Å². The summed E-state index contributed by atoms with van der Waals surface area (Å²) in [6, 6.07) is 9.17. The Morgan fingerprint density at radius 1 is 1.21 bits per heavy atom. The SMILES string of the molecule is CN(Cc1ccccc1NC(=O)CSc1nnnn1C1CC1)C1CCCCC1. The third-order valence-electron chi connectivity index (χ3n) is 5.60. The summed E-state index contributed by atoms with van der Waals surface area (Å²) < 4.78 is 1.84. The minimum atomic E-state index is -0.0249. The van der Waals surface area contributed by atoms with Crippen LogP contribution in [0.15, 0.2) is 29.4 Å². The predicted octanol–water partition coefficient (Wildman–Crippen LogP) is 3.50. The van der Waals surface area contributed by atoms with Crippen molar-refractivity contribution in [2.75, 3.05) is 18.1 Å². The molecule has 1 N–H and O–H groups in total. The molecule has 1 heterocycles. The maximum absolute atomic E-state index is 12.5. The summed E-state index contributed by atoms with van der Waals surface area (Å²) in [6.45, 7) is 0.855. The van der Waals surface area contributed by atoms with E-state index in [2.05, 4.69) is 38.9 Å². The lowest BCUT2D eigenvalue weighted by atomic mass is 9.94. The van der Waals surface area contributed by atoms with E-state index in [9.17, 15) is 4.79 Å². The van der Waals surface area contributed by atoms with Gasteiger partial charge in [0, 0.05) is 18.3 Å². The summed E-state index contributed by atoms with van der Waals surface area (Å²) in [5.74, 6) is 0.281. The van der Waals surface area contributed by atoms with Gasteiger partial charge in [-0.15, -0.1) is 5.10 Å². The van der Waals surface area contributed by atoms with Crippen molar-refractivity contribution in [1.29, 1.82) is 0 Å². The summed E-state index contributed by atoms with van der Waals surface area (Å²) in [5.41, 5.74) is 2.06. The second-order valence-corrected chi connectivity index (χ2v) is 8.78. The zero-order chi connectivity index (χ0) is 19.3. The number of nitrogens with zero attached hydrogens (tertiary/aromatic N) is 5. The number of thioether (sulfide) groups is 1. The molecule has 0 unspecified atom stereocenters. The summed E-state index contributed by atoms with van der Waals surface area (Å²) in [6.07, 6.45) is 8.79. The molecule has 2 saturated carbocycles. The number of para-hydroxylation sites is 1. The smallest absolute Gasteiger partial charge is 0.234 e. The number of carbonyl (C=O) groups is 1. The fourth-order valence-electron chi connectivity index (χ4n) is 3.84. The van der Waals surface area contributed by atoms with Crippen molar-refractivity contribution in [3.63, 3.8) is 0 Å². The molecule has 150 valence electrons. The Balaban J connectivity index is 1.33. The summed E-state index contributed by atoms with van der Waals surface area (Å²) in [5, 5.41) is 15.6. The van der Waals surface area contributed by atoms with Gasteiger partial charge in [0.05, 0.1) is 11.8 Å². The lowest BCUT2D eigenvalue weighted by Crippen LogP contribution is -2.33. The van der Waals surface area contributed by atoms with E-state index in [-0.39, 0.29) is 5.91 Å². The van der Waals surface area contributed by atoms with Crippen LogP contribution in [0.5, 0.6) is 0 Å². The first-order valence-corrected chi connectivity index (χ1v) is 11.2. The number of rotatable bonds is 8. The van der Waals surface area contributed by atoms with Crippen molar-refractivity contribution in [1.82, 2.24) is 25.1 Å². The summed E-state index contributed by atoms with van der Waals surface area (Å²) in [7, 11) is 2.20. The molecular formula is C20H28N6OS. The average Bonchev–Trinajstić information content (AvgIpc) is 3.46. The molecule has 0 bridgehead atoms. The Kier molecular flexibility index (Phi) is 6.26. The molecule has 1 amide bonds. The quantitative estimate of drug-likeness (QED) is 0.684. The van der Waals surface area contributed by atoms with Crippen molar-refractivity contribution in [2.24, 2.45) is 0 Å². The van der Waals surface area contributed by atoms with Gasteiger partial charge >= 0.3 is 0 Å². The van der Waals surface area contributed by atoms with Crippen LogP contribution in [-0.2, 0) is 11.3 Å². The number of anilines is 1. The van der Waals surface area contributed by atoms with Crippen molar-refractivity contribution >= 4 is 23.4 Å². The Hall–Kier alpha value is -1.93. The first kappa shape index (κ1) is 19.4. The Morgan fingerprint density at radius 2 is 2.00 bits per heavy atom. The molecule has 0 radical (unpaired) electrons. The van der Waals surface area contributed by atoms with E-state index in [0.29, 0.717) is 17.8 Å². The minimum Gasteiger partial charge on any atom is -0.325 e. The molecule has 2 aromatic rings. The number of nitrogens with one attached hydrogen (secondary N) is 1. The van der Waals surface area contributed by atoms with Crippen LogP contribution in [0.4, 0.5) is 5.69 Å². The van der Waals surface area contributed by atoms with Crippen LogP contribution >= 0.6 is 11.8 Å². The highest BCUT2D eigenvalue weighted by Crippen LogP contribution is 2.36. The molecule has 4 rings (SSSR count). The molecule has 2 aliphatic rings. The summed E-state index contributed by atoms with van der Waals surface area (Å²) >= 11 is 1.40. The monoisotopic (exact) mass is 400 g/mol. The van der Waals surface area contributed by atoms with Crippen molar-refractivity contribution < 1.29 is 4.79 Å². The van der Waals surface area contributed by atoms with Crippen LogP contribution in [0, 0.1) is 0 Å². The first-order valence-electron chi connectivity index (χ1n) is 10.2. The molecule has 0 spiro atoms. The Labute approximate surface area is 170 Å². The van der Waals surface area contributed by atoms with Crippen LogP contribution in [0.3, 0.4) is 0 Å². The molecule has 1 aromatic heterocycles. The van der Waals surface area contributed by atoms with Gasteiger partial charge in [-0.05, 0) is 54.8 Å². The molecule has 0 saturated heterocycles. The van der Waals surface area contributed by atoms with E-state index < -0.39 is 0 Å². The number of tetrazole rings is 1. The van der Waals surface area contributed by atoms with Gasteiger partial charge in [0.1, 0.15) is 0 Å². The fourth-order valence-corrected chi connectivity index (χ4v) is 4.59. The van der Waals surface area contributed by atoms with E-state index in [1.54, 1.807) is 0 Å². The molecular weight excluding hydrogens is 372 g/mol. The molecule has 0 atom stereocenters. The van der Waals surface area contributed by atoms with E-state index in [4.69, 9.17) is 0 Å². The van der Waals surface area contributed by atoms with Crippen LogP contribution in [0.1, 0.15) is 56.6 Å². The molecule has 8 heteroatoms. The zero-order valence-electron chi connectivity index (χ0n) is 16.4. The van der Waals surface area contributed by atoms with Crippen LogP contribution in [-0.4, -0.2) is 49.9 Å².